The van der Waals surface area contributed by atoms with Gasteiger partial charge in [0.2, 0.25) is 5.56 Å². The van der Waals surface area contributed by atoms with E-state index in [1.807, 2.05) is 51.5 Å². The van der Waals surface area contributed by atoms with Crippen LogP contribution in [0.3, 0.4) is 0 Å². The van der Waals surface area contributed by atoms with Gasteiger partial charge in [0.1, 0.15) is 13.2 Å². The first-order valence-electron chi connectivity index (χ1n) is 16.2. The van der Waals surface area contributed by atoms with Gasteiger partial charge < -0.3 is 14.0 Å². The molecule has 0 bridgehead atoms. The van der Waals surface area contributed by atoms with Crippen LogP contribution in [0.5, 0.6) is 0 Å². The van der Waals surface area contributed by atoms with Crippen molar-refractivity contribution in [3.05, 3.63) is 58.9 Å². The maximum Gasteiger partial charge on any atom is 0.529 e. The topological polar surface area (TPSA) is 123 Å². The molecule has 258 valence electrons. The molecule has 11 heteroatoms. The lowest BCUT2D eigenvalue weighted by molar-refractivity contribution is -0.870. The van der Waals surface area contributed by atoms with Crippen molar-refractivity contribution >= 4 is 35.5 Å². The number of H-pyrrole nitrogens is 1. The SMILES string of the molecule is CCCCCCCC/C=C\CCCCCCCC(=O)OP(=O)(O)OCC[N+](C)(C)C.CS(C)=O.O=c1ccc2ccccc2[nH]1. The number of carbonyl (C=O) groups is 1. The first kappa shape index (κ1) is 42.9. The van der Waals surface area contributed by atoms with Crippen molar-refractivity contribution in [1.29, 1.82) is 0 Å². The largest absolute Gasteiger partial charge is 0.529 e. The number of aromatic amines is 1. The summed E-state index contributed by atoms with van der Waals surface area (Å²) in [6.07, 6.45) is 23.4. The third-order valence-electron chi connectivity index (χ3n) is 6.51. The number of nitrogens with one attached hydrogen (secondary N) is 1. The minimum Gasteiger partial charge on any atom is -0.371 e. The summed E-state index contributed by atoms with van der Waals surface area (Å²) in [4.78, 5) is 34.9. The molecule has 0 spiro atoms. The molecule has 0 amide bonds. The molecule has 0 fully saturated rings. The summed E-state index contributed by atoms with van der Waals surface area (Å²) in [6.45, 7) is 2.87. The van der Waals surface area contributed by atoms with Gasteiger partial charge in [0, 0.05) is 41.3 Å². The van der Waals surface area contributed by atoms with Crippen LogP contribution in [0.4, 0.5) is 0 Å². The van der Waals surface area contributed by atoms with Gasteiger partial charge in [-0.25, -0.2) is 4.57 Å². The summed E-state index contributed by atoms with van der Waals surface area (Å²) in [5, 5.41) is 1.06. The highest BCUT2D eigenvalue weighted by Crippen LogP contribution is 2.43. The number of quaternary nitrogens is 1. The third-order valence-corrected chi connectivity index (χ3v) is 7.45. The standard InChI is InChI=1S/C23H46NO5P.C9H7NO.C2H6OS/c1-5-6-7-8-9-10-11-12-13-14-15-16-17-18-19-20-23(25)29-30(26,27)28-22-21-24(2,3)4;11-9-6-5-7-3-1-2-4-8(7)10-9;1-4(2)3/h12-13H,5-11,14-22H2,1-4H3;1-6H,(H,10,11);1-2H3/p+1/b13-12-;;. The monoisotopic (exact) mass is 671 g/mol. The lowest BCUT2D eigenvalue weighted by atomic mass is 10.1. The molecule has 1 unspecified atom stereocenters. The molecule has 0 aliphatic rings. The predicted octanol–water partition coefficient (Wildman–Crippen LogP) is 7.91. The first-order valence-corrected chi connectivity index (χ1v) is 19.7. The Kier molecular flexibility index (Phi) is 24.8. The molecular weight excluding hydrogens is 611 g/mol. The Morgan fingerprint density at radius 1 is 0.889 bits per heavy atom. The molecule has 0 radical (unpaired) electrons. The van der Waals surface area contributed by atoms with Crippen molar-refractivity contribution < 1.29 is 32.0 Å². The van der Waals surface area contributed by atoms with Crippen LogP contribution in [0.25, 0.3) is 10.9 Å². The zero-order valence-corrected chi connectivity index (χ0v) is 30.3. The number of phosphoric ester groups is 1. The fraction of sp³-hybridized carbons (Fsp3) is 0.647. The molecule has 45 heavy (non-hydrogen) atoms. The van der Waals surface area contributed by atoms with E-state index in [-0.39, 0.29) is 18.6 Å². The van der Waals surface area contributed by atoms with Crippen molar-refractivity contribution in [2.75, 3.05) is 46.8 Å². The van der Waals surface area contributed by atoms with Gasteiger partial charge >= 0.3 is 13.8 Å². The van der Waals surface area contributed by atoms with E-state index in [4.69, 9.17) is 4.52 Å². The molecular formula is C34H60N2O7PS+. The van der Waals surface area contributed by atoms with Crippen LogP contribution in [0, 0.1) is 0 Å². The molecule has 9 nitrogen and oxygen atoms in total. The fourth-order valence-corrected chi connectivity index (χ4v) is 4.78. The van der Waals surface area contributed by atoms with E-state index in [1.165, 1.54) is 57.4 Å². The lowest BCUT2D eigenvalue weighted by Gasteiger charge is -2.23. The summed E-state index contributed by atoms with van der Waals surface area (Å²) in [5.41, 5.74) is 0.837. The van der Waals surface area contributed by atoms with Crippen LogP contribution in [0.2, 0.25) is 0 Å². The molecule has 0 saturated heterocycles. The van der Waals surface area contributed by atoms with Crippen molar-refractivity contribution in [1.82, 2.24) is 4.98 Å². The van der Waals surface area contributed by atoms with Gasteiger partial charge in [-0.1, -0.05) is 88.6 Å². The molecule has 1 heterocycles. The molecule has 0 aliphatic heterocycles. The molecule has 0 aliphatic carbocycles. The van der Waals surface area contributed by atoms with Crippen molar-refractivity contribution in [2.45, 2.75) is 96.8 Å². The highest BCUT2D eigenvalue weighted by Gasteiger charge is 2.26. The van der Waals surface area contributed by atoms with E-state index in [0.29, 0.717) is 17.4 Å². The molecule has 1 aromatic carbocycles. The minimum absolute atomic E-state index is 0.0521. The number of rotatable bonds is 20. The Morgan fingerprint density at radius 2 is 1.42 bits per heavy atom. The maximum absolute atomic E-state index is 11.7. The van der Waals surface area contributed by atoms with Crippen LogP contribution in [-0.2, 0) is 29.2 Å². The summed E-state index contributed by atoms with van der Waals surface area (Å²) in [6, 6.07) is 11.0. The van der Waals surface area contributed by atoms with E-state index in [0.717, 1.165) is 36.6 Å². The molecule has 2 aromatic rings. The number of phosphoric acid groups is 1. The number of pyridine rings is 1. The third kappa shape index (κ3) is 29.1. The van der Waals surface area contributed by atoms with Gasteiger partial charge in [-0.15, -0.1) is 0 Å². The second-order valence-corrected chi connectivity index (χ2v) is 15.1. The zero-order valence-electron chi connectivity index (χ0n) is 28.6. The lowest BCUT2D eigenvalue weighted by Crippen LogP contribution is -2.37. The van der Waals surface area contributed by atoms with E-state index in [1.54, 1.807) is 12.5 Å². The average molecular weight is 672 g/mol. The number of likely N-dealkylation sites (N-methyl/N-ethyl adjacent to an activating group) is 1. The predicted molar refractivity (Wildman–Crippen MR) is 189 cm³/mol. The summed E-state index contributed by atoms with van der Waals surface area (Å²) < 4.78 is 31.4. The highest BCUT2D eigenvalue weighted by molar-refractivity contribution is 7.83. The number of hydrogen-bond donors (Lipinski definition) is 2. The highest BCUT2D eigenvalue weighted by atomic mass is 32.2. The normalized spacial score (nSPS) is 12.7. The van der Waals surface area contributed by atoms with E-state index in [2.05, 4.69) is 28.6 Å². The number of unbranched alkanes of at least 4 members (excludes halogenated alkanes) is 11. The van der Waals surface area contributed by atoms with Gasteiger partial charge in [-0.05, 0) is 49.6 Å². The number of para-hydroxylation sites is 1. The Morgan fingerprint density at radius 3 is 2.00 bits per heavy atom. The number of nitrogens with zero attached hydrogens (tertiary/aromatic N) is 1. The number of aromatic nitrogens is 1. The van der Waals surface area contributed by atoms with E-state index >= 15 is 0 Å². The van der Waals surface area contributed by atoms with Crippen LogP contribution in [-0.4, -0.2) is 71.3 Å². The van der Waals surface area contributed by atoms with E-state index < -0.39 is 24.6 Å². The summed E-state index contributed by atoms with van der Waals surface area (Å²) >= 11 is 0. The van der Waals surface area contributed by atoms with Crippen LogP contribution >= 0.6 is 7.82 Å². The number of benzene rings is 1. The van der Waals surface area contributed by atoms with Crippen molar-refractivity contribution in [2.24, 2.45) is 0 Å². The summed E-state index contributed by atoms with van der Waals surface area (Å²) in [5.74, 6) is -0.663. The van der Waals surface area contributed by atoms with Crippen LogP contribution < -0.4 is 5.56 Å². The van der Waals surface area contributed by atoms with Crippen LogP contribution in [0.15, 0.2) is 53.3 Å². The second kappa shape index (κ2) is 26.0. The van der Waals surface area contributed by atoms with Crippen molar-refractivity contribution in [3.63, 3.8) is 0 Å². The quantitative estimate of drug-likeness (QED) is 0.0635. The smallest absolute Gasteiger partial charge is 0.371 e. The zero-order chi connectivity index (χ0) is 34.0. The van der Waals surface area contributed by atoms with Gasteiger partial charge in [0.15, 0.2) is 0 Å². The number of fused-ring (bicyclic) bond motifs is 1. The van der Waals surface area contributed by atoms with E-state index in [9.17, 15) is 23.3 Å². The Hall–Kier alpha value is -2.10. The van der Waals surface area contributed by atoms with Gasteiger partial charge in [0.25, 0.3) is 0 Å². The molecule has 1 aromatic heterocycles. The molecule has 1 atom stereocenters. The molecule has 0 saturated carbocycles. The maximum atomic E-state index is 11.7. The number of hydrogen-bond acceptors (Lipinski definition) is 6. The molecule has 2 rings (SSSR count). The fourth-order valence-electron chi connectivity index (χ4n) is 4.07. The van der Waals surface area contributed by atoms with Gasteiger partial charge in [0.05, 0.1) is 21.1 Å². The van der Waals surface area contributed by atoms with Crippen molar-refractivity contribution in [3.8, 4) is 0 Å². The van der Waals surface area contributed by atoms with Gasteiger partial charge in [-0.3, -0.25) is 23.2 Å². The Balaban J connectivity index is 0.00000104. The Bertz CT molecular complexity index is 1210. The first-order chi connectivity index (χ1) is 21.3. The number of allylic oxidation sites excluding steroid dienone is 2. The van der Waals surface area contributed by atoms with Crippen LogP contribution in [0.1, 0.15) is 96.8 Å². The number of carbonyl (C=O) groups excluding carboxylic acids is 1. The Labute approximate surface area is 274 Å². The minimum atomic E-state index is -4.29. The molecule has 2 N–H and O–H groups in total. The average Bonchev–Trinajstić information content (AvgIpc) is 2.94. The van der Waals surface area contributed by atoms with Gasteiger partial charge in [-0.2, -0.15) is 0 Å². The summed E-state index contributed by atoms with van der Waals surface area (Å²) in [7, 11) is 0.944. The second-order valence-electron chi connectivity index (χ2n) is 12.3.